The van der Waals surface area contributed by atoms with Crippen LogP contribution in [0.4, 0.5) is 5.69 Å². The fraction of sp³-hybridized carbons (Fsp3) is 0.182. The number of ether oxygens (including phenoxy) is 1. The lowest BCUT2D eigenvalue weighted by Gasteiger charge is -2.16. The first-order valence-corrected chi connectivity index (χ1v) is 6.87. The molecule has 0 N–H and O–H groups in total. The van der Waals surface area contributed by atoms with Gasteiger partial charge < -0.3 is 8.92 Å². The Morgan fingerprint density at radius 1 is 1.45 bits per heavy atom. The average Bonchev–Trinajstić information content (AvgIpc) is 2.36. The van der Waals surface area contributed by atoms with Gasteiger partial charge in [-0.1, -0.05) is 0 Å². The number of nitro groups is 1. The van der Waals surface area contributed by atoms with E-state index in [-0.39, 0.29) is 23.6 Å². The Morgan fingerprint density at radius 3 is 2.75 bits per heavy atom. The second kappa shape index (κ2) is 4.93. The molecular formula is C11H9NO7S. The predicted octanol–water partition coefficient (Wildman–Crippen LogP) is 1.22. The van der Waals surface area contributed by atoms with E-state index in [1.54, 1.807) is 0 Å². The highest BCUT2D eigenvalue weighted by Crippen LogP contribution is 2.33. The Kier molecular flexibility index (Phi) is 3.45. The zero-order chi connectivity index (χ0) is 14.9. The summed E-state index contributed by atoms with van der Waals surface area (Å²) in [6, 6.07) is 3.38. The van der Waals surface area contributed by atoms with Crippen LogP contribution in [-0.4, -0.2) is 25.9 Å². The lowest BCUT2D eigenvalue weighted by molar-refractivity contribution is -0.384. The zero-order valence-electron chi connectivity index (χ0n) is 10.2. The number of nitrogens with zero attached hydrogens (tertiary/aromatic N) is 1. The SMILES string of the molecule is CCOC(=O)C1=Cc2cc([N+](=O)[O-])ccc2OS1(=O)=O. The normalized spacial score (nSPS) is 15.6. The Morgan fingerprint density at radius 2 is 2.15 bits per heavy atom. The third-order valence-electron chi connectivity index (χ3n) is 2.44. The molecule has 1 aliphatic rings. The Labute approximate surface area is 113 Å². The number of rotatable bonds is 3. The standard InChI is InChI=1S/C11H9NO7S/c1-2-18-11(13)10-6-7-5-8(12(14)15)3-4-9(7)19-20(10,16)17/h3-6H,2H2,1H3. The molecule has 1 heterocycles. The van der Waals surface area contributed by atoms with Crippen molar-refractivity contribution in [3.05, 3.63) is 38.8 Å². The summed E-state index contributed by atoms with van der Waals surface area (Å²) in [6.07, 6.45) is 0.999. The second-order valence-corrected chi connectivity index (χ2v) is 5.26. The number of nitro benzene ring substituents is 1. The van der Waals surface area contributed by atoms with Gasteiger partial charge in [-0.2, -0.15) is 8.42 Å². The highest BCUT2D eigenvalue weighted by atomic mass is 32.2. The fourth-order valence-electron chi connectivity index (χ4n) is 1.58. The maximum atomic E-state index is 11.8. The smallest absolute Gasteiger partial charge is 0.353 e. The number of hydrogen-bond donors (Lipinski definition) is 0. The number of carbonyl (C=O) groups is 1. The van der Waals surface area contributed by atoms with Crippen molar-refractivity contribution < 1.29 is 27.1 Å². The number of carbonyl (C=O) groups excluding carboxylic acids is 1. The molecule has 1 aromatic carbocycles. The molecule has 0 saturated carbocycles. The summed E-state index contributed by atoms with van der Waals surface area (Å²) in [5.74, 6) is -1.15. The van der Waals surface area contributed by atoms with Gasteiger partial charge in [-0.05, 0) is 19.1 Å². The highest BCUT2D eigenvalue weighted by Gasteiger charge is 2.33. The van der Waals surface area contributed by atoms with Crippen LogP contribution in [0.2, 0.25) is 0 Å². The summed E-state index contributed by atoms with van der Waals surface area (Å²) in [7, 11) is -4.27. The van der Waals surface area contributed by atoms with Crippen molar-refractivity contribution in [2.45, 2.75) is 6.92 Å². The molecule has 0 bridgehead atoms. The fourth-order valence-corrected chi connectivity index (χ4v) is 2.59. The highest BCUT2D eigenvalue weighted by molar-refractivity contribution is 7.92. The molecule has 0 amide bonds. The molecule has 20 heavy (non-hydrogen) atoms. The molecule has 0 radical (unpaired) electrons. The summed E-state index contributed by atoms with van der Waals surface area (Å²) in [6.45, 7) is 1.51. The molecule has 0 spiro atoms. The zero-order valence-corrected chi connectivity index (χ0v) is 11.0. The minimum Gasteiger partial charge on any atom is -0.462 e. The third kappa shape index (κ3) is 2.48. The molecule has 106 valence electrons. The molecule has 8 nitrogen and oxygen atoms in total. The minimum atomic E-state index is -4.27. The first-order valence-electron chi connectivity index (χ1n) is 5.47. The van der Waals surface area contributed by atoms with Crippen LogP contribution in [0.3, 0.4) is 0 Å². The van der Waals surface area contributed by atoms with Gasteiger partial charge >= 0.3 is 16.1 Å². The van der Waals surface area contributed by atoms with Gasteiger partial charge in [0.25, 0.3) is 5.69 Å². The van der Waals surface area contributed by atoms with Gasteiger partial charge in [-0.15, -0.1) is 0 Å². The van der Waals surface area contributed by atoms with Crippen LogP contribution in [-0.2, 0) is 19.6 Å². The molecule has 0 unspecified atom stereocenters. The van der Waals surface area contributed by atoms with Crippen LogP contribution in [0.25, 0.3) is 6.08 Å². The van der Waals surface area contributed by atoms with Crippen molar-refractivity contribution in [3.8, 4) is 5.75 Å². The van der Waals surface area contributed by atoms with E-state index in [4.69, 9.17) is 4.18 Å². The van der Waals surface area contributed by atoms with Gasteiger partial charge in [-0.25, -0.2) is 4.79 Å². The first kappa shape index (κ1) is 14.0. The summed E-state index contributed by atoms with van der Waals surface area (Å²) in [5.41, 5.74) is -0.122. The summed E-state index contributed by atoms with van der Waals surface area (Å²) < 4.78 is 32.8. The molecule has 0 atom stereocenters. The second-order valence-electron chi connectivity index (χ2n) is 3.75. The van der Waals surface area contributed by atoms with E-state index >= 15 is 0 Å². The molecule has 9 heteroatoms. The van der Waals surface area contributed by atoms with Gasteiger partial charge in [0.2, 0.25) is 0 Å². The monoisotopic (exact) mass is 299 g/mol. The number of benzene rings is 1. The van der Waals surface area contributed by atoms with Crippen molar-refractivity contribution in [1.29, 1.82) is 0 Å². The quantitative estimate of drug-likeness (QED) is 0.357. The van der Waals surface area contributed by atoms with Gasteiger partial charge in [0.1, 0.15) is 0 Å². The third-order valence-corrected chi connectivity index (χ3v) is 3.66. The van der Waals surface area contributed by atoms with Crippen LogP contribution in [0.1, 0.15) is 12.5 Å². The molecule has 2 rings (SSSR count). The van der Waals surface area contributed by atoms with Gasteiger partial charge in [0.05, 0.1) is 11.5 Å². The molecule has 1 aromatic rings. The van der Waals surface area contributed by atoms with E-state index in [2.05, 4.69) is 4.74 Å². The maximum Gasteiger partial charge on any atom is 0.353 e. The van der Waals surface area contributed by atoms with Crippen molar-refractivity contribution >= 4 is 27.9 Å². The summed E-state index contributed by atoms with van der Waals surface area (Å²) >= 11 is 0. The number of hydrogen-bond acceptors (Lipinski definition) is 7. The molecule has 0 aliphatic carbocycles. The van der Waals surface area contributed by atoms with Crippen molar-refractivity contribution in [2.75, 3.05) is 6.61 Å². The predicted molar refractivity (Wildman–Crippen MR) is 67.3 cm³/mol. The first-order chi connectivity index (χ1) is 9.35. The molecule has 0 fully saturated rings. The van der Waals surface area contributed by atoms with Crippen LogP contribution < -0.4 is 4.18 Å². The Balaban J connectivity index is 2.55. The number of esters is 1. The van der Waals surface area contributed by atoms with Crippen LogP contribution in [0, 0.1) is 10.1 Å². The van der Waals surface area contributed by atoms with E-state index in [1.807, 2.05) is 0 Å². The average molecular weight is 299 g/mol. The molecule has 0 saturated heterocycles. The van der Waals surface area contributed by atoms with Gasteiger partial charge in [0.15, 0.2) is 10.7 Å². The number of non-ortho nitro benzene ring substituents is 1. The van der Waals surface area contributed by atoms with E-state index in [9.17, 15) is 23.3 Å². The van der Waals surface area contributed by atoms with Gasteiger partial charge in [-0.3, -0.25) is 10.1 Å². The molecule has 0 aromatic heterocycles. The topological polar surface area (TPSA) is 113 Å². The van der Waals surface area contributed by atoms with Crippen molar-refractivity contribution in [1.82, 2.24) is 0 Å². The van der Waals surface area contributed by atoms with E-state index in [1.165, 1.54) is 6.92 Å². The van der Waals surface area contributed by atoms with Crippen molar-refractivity contribution in [3.63, 3.8) is 0 Å². The summed E-state index contributed by atoms with van der Waals surface area (Å²) in [4.78, 5) is 20.9. The molecular weight excluding hydrogens is 290 g/mol. The lowest BCUT2D eigenvalue weighted by Crippen LogP contribution is -2.23. The van der Waals surface area contributed by atoms with Crippen molar-refractivity contribution in [2.24, 2.45) is 0 Å². The summed E-state index contributed by atoms with van der Waals surface area (Å²) in [5, 5.41) is 10.7. The molecule has 1 aliphatic heterocycles. The largest absolute Gasteiger partial charge is 0.462 e. The van der Waals surface area contributed by atoms with E-state index in [0.29, 0.717) is 0 Å². The van der Waals surface area contributed by atoms with Gasteiger partial charge in [0, 0.05) is 17.7 Å². The van der Waals surface area contributed by atoms with Crippen LogP contribution in [0.15, 0.2) is 23.1 Å². The lowest BCUT2D eigenvalue weighted by atomic mass is 10.1. The Bertz CT molecular complexity index is 720. The van der Waals surface area contributed by atoms with Crippen LogP contribution >= 0.6 is 0 Å². The van der Waals surface area contributed by atoms with E-state index in [0.717, 1.165) is 24.3 Å². The maximum absolute atomic E-state index is 11.8. The minimum absolute atomic E-state index is 0.00646. The van der Waals surface area contributed by atoms with Crippen LogP contribution in [0.5, 0.6) is 5.75 Å². The Hall–Kier alpha value is -2.42. The van der Waals surface area contributed by atoms with E-state index < -0.39 is 25.9 Å². The number of fused-ring (bicyclic) bond motifs is 1.